The normalized spacial score (nSPS) is 11.3. The Labute approximate surface area is 163 Å². The molecule has 0 spiro atoms. The molecule has 0 fully saturated rings. The minimum atomic E-state index is -4.29. The Bertz CT molecular complexity index is 958. The summed E-state index contributed by atoms with van der Waals surface area (Å²) in [5.41, 5.74) is 1.71. The number of aliphatic hydroxyl groups is 1. The number of alkyl halides is 3. The summed E-state index contributed by atoms with van der Waals surface area (Å²) in [4.78, 5) is 16.7. The Morgan fingerprint density at radius 2 is 1.97 bits per heavy atom. The van der Waals surface area contributed by atoms with Crippen LogP contribution < -0.4 is 10.1 Å². The lowest BCUT2D eigenvalue weighted by Gasteiger charge is -2.11. The molecule has 3 rings (SSSR count). The van der Waals surface area contributed by atoms with Gasteiger partial charge in [0.05, 0.1) is 29.8 Å². The summed E-state index contributed by atoms with van der Waals surface area (Å²) in [6, 6.07) is 8.64. The highest BCUT2D eigenvalue weighted by atomic mass is 19.4. The van der Waals surface area contributed by atoms with Crippen molar-refractivity contribution < 1.29 is 27.8 Å². The Morgan fingerprint density at radius 3 is 2.59 bits per heavy atom. The quantitative estimate of drug-likeness (QED) is 0.560. The van der Waals surface area contributed by atoms with E-state index < -0.39 is 18.5 Å². The fourth-order valence-electron chi connectivity index (χ4n) is 2.57. The number of aliphatic hydroxyl groups excluding tert-OH is 1. The predicted octanol–water partition coefficient (Wildman–Crippen LogP) is 3.20. The number of aromatic nitrogens is 3. The topological polar surface area (TPSA) is 100 Å². The van der Waals surface area contributed by atoms with E-state index in [1.54, 1.807) is 12.1 Å². The molecule has 1 aromatic carbocycles. The van der Waals surface area contributed by atoms with Crippen LogP contribution in [0.15, 0.2) is 48.8 Å². The second-order valence-corrected chi connectivity index (χ2v) is 6.06. The summed E-state index contributed by atoms with van der Waals surface area (Å²) in [5.74, 6) is -0.271. The second-order valence-electron chi connectivity index (χ2n) is 6.06. The molecular formula is C19H17F3N4O3. The summed E-state index contributed by atoms with van der Waals surface area (Å²) in [6.45, 7) is -0.166. The number of nitrogens with zero attached hydrogens (tertiary/aromatic N) is 2. The zero-order valence-electron chi connectivity index (χ0n) is 15.0. The SMILES string of the molecule is O=C(Nc1ccc(CC(F)(F)F)cc1)c1cnc(OCCO)c(-c2ccn[nH]2)c1. The molecule has 0 bridgehead atoms. The van der Waals surface area contributed by atoms with Crippen molar-refractivity contribution in [1.82, 2.24) is 15.2 Å². The summed E-state index contributed by atoms with van der Waals surface area (Å²) < 4.78 is 42.7. The number of ether oxygens (including phenoxy) is 1. The molecule has 152 valence electrons. The number of rotatable bonds is 7. The summed E-state index contributed by atoms with van der Waals surface area (Å²) in [5, 5.41) is 18.2. The molecule has 3 N–H and O–H groups in total. The van der Waals surface area contributed by atoms with E-state index in [1.165, 1.54) is 36.7 Å². The van der Waals surface area contributed by atoms with Crippen LogP contribution in [0, 0.1) is 0 Å². The number of H-pyrrole nitrogens is 1. The third-order valence-electron chi connectivity index (χ3n) is 3.85. The number of benzene rings is 1. The number of anilines is 1. The maximum atomic E-state index is 12.5. The third kappa shape index (κ3) is 5.55. The van der Waals surface area contributed by atoms with Crippen molar-refractivity contribution in [3.63, 3.8) is 0 Å². The van der Waals surface area contributed by atoms with Crippen LogP contribution in [0.3, 0.4) is 0 Å². The number of nitrogens with one attached hydrogen (secondary N) is 2. The molecule has 29 heavy (non-hydrogen) atoms. The van der Waals surface area contributed by atoms with Gasteiger partial charge >= 0.3 is 6.18 Å². The average molecular weight is 406 g/mol. The molecular weight excluding hydrogens is 389 g/mol. The molecule has 10 heteroatoms. The van der Waals surface area contributed by atoms with Crippen LogP contribution in [0.2, 0.25) is 0 Å². The second kappa shape index (κ2) is 8.74. The zero-order valence-corrected chi connectivity index (χ0v) is 15.0. The van der Waals surface area contributed by atoms with Crippen LogP contribution in [0.5, 0.6) is 5.88 Å². The molecule has 0 unspecified atom stereocenters. The van der Waals surface area contributed by atoms with E-state index in [0.717, 1.165) is 0 Å². The van der Waals surface area contributed by atoms with Gasteiger partial charge < -0.3 is 15.2 Å². The Morgan fingerprint density at radius 1 is 1.21 bits per heavy atom. The average Bonchev–Trinajstić information content (AvgIpc) is 3.21. The fraction of sp³-hybridized carbons (Fsp3) is 0.211. The monoisotopic (exact) mass is 406 g/mol. The van der Waals surface area contributed by atoms with Gasteiger partial charge in [-0.15, -0.1) is 0 Å². The summed E-state index contributed by atoms with van der Waals surface area (Å²) >= 11 is 0. The van der Waals surface area contributed by atoms with Gasteiger partial charge in [-0.05, 0) is 29.8 Å². The first-order valence-electron chi connectivity index (χ1n) is 8.56. The number of carbonyl (C=O) groups is 1. The smallest absolute Gasteiger partial charge is 0.393 e. The van der Waals surface area contributed by atoms with Crippen molar-refractivity contribution in [2.45, 2.75) is 12.6 Å². The third-order valence-corrected chi connectivity index (χ3v) is 3.85. The minimum Gasteiger partial charge on any atom is -0.475 e. The van der Waals surface area contributed by atoms with Gasteiger partial charge in [-0.3, -0.25) is 9.89 Å². The lowest BCUT2D eigenvalue weighted by Crippen LogP contribution is -2.14. The lowest BCUT2D eigenvalue weighted by atomic mass is 10.1. The van der Waals surface area contributed by atoms with E-state index >= 15 is 0 Å². The first-order chi connectivity index (χ1) is 13.9. The zero-order chi connectivity index (χ0) is 20.9. The van der Waals surface area contributed by atoms with Gasteiger partial charge in [0.2, 0.25) is 5.88 Å². The molecule has 2 heterocycles. The Kier molecular flexibility index (Phi) is 6.13. The van der Waals surface area contributed by atoms with E-state index in [1.807, 2.05) is 0 Å². The minimum absolute atomic E-state index is 0.0317. The number of aromatic amines is 1. The van der Waals surface area contributed by atoms with Crippen molar-refractivity contribution in [2.75, 3.05) is 18.5 Å². The van der Waals surface area contributed by atoms with Gasteiger partial charge in [-0.25, -0.2) is 4.98 Å². The highest BCUT2D eigenvalue weighted by Gasteiger charge is 2.27. The number of carbonyl (C=O) groups excluding carboxylic acids is 1. The van der Waals surface area contributed by atoms with Crippen molar-refractivity contribution >= 4 is 11.6 Å². The van der Waals surface area contributed by atoms with Gasteiger partial charge in [0.1, 0.15) is 6.61 Å². The molecule has 0 aliphatic rings. The molecule has 1 amide bonds. The molecule has 3 aromatic rings. The van der Waals surface area contributed by atoms with Crippen LogP contribution in [-0.4, -0.2) is 45.6 Å². The molecule has 0 aliphatic carbocycles. The van der Waals surface area contributed by atoms with Gasteiger partial charge in [0.25, 0.3) is 5.91 Å². The number of halogens is 3. The molecule has 0 radical (unpaired) electrons. The fourth-order valence-corrected chi connectivity index (χ4v) is 2.57. The summed E-state index contributed by atoms with van der Waals surface area (Å²) in [7, 11) is 0. The van der Waals surface area contributed by atoms with E-state index in [9.17, 15) is 18.0 Å². The highest BCUT2D eigenvalue weighted by Crippen LogP contribution is 2.28. The number of pyridine rings is 1. The molecule has 0 saturated carbocycles. The number of hydrogen-bond acceptors (Lipinski definition) is 5. The van der Waals surface area contributed by atoms with Gasteiger partial charge in [0.15, 0.2) is 0 Å². The van der Waals surface area contributed by atoms with Gasteiger partial charge in [-0.2, -0.15) is 18.3 Å². The van der Waals surface area contributed by atoms with Crippen LogP contribution in [-0.2, 0) is 6.42 Å². The van der Waals surface area contributed by atoms with E-state index in [0.29, 0.717) is 16.9 Å². The molecule has 0 saturated heterocycles. The van der Waals surface area contributed by atoms with Gasteiger partial charge in [-0.1, -0.05) is 12.1 Å². The van der Waals surface area contributed by atoms with Crippen LogP contribution in [0.25, 0.3) is 11.3 Å². The van der Waals surface area contributed by atoms with Crippen LogP contribution in [0.4, 0.5) is 18.9 Å². The molecule has 0 aliphatic heterocycles. The first-order valence-corrected chi connectivity index (χ1v) is 8.56. The van der Waals surface area contributed by atoms with E-state index in [-0.39, 0.29) is 30.2 Å². The highest BCUT2D eigenvalue weighted by molar-refractivity contribution is 6.04. The van der Waals surface area contributed by atoms with Crippen molar-refractivity contribution in [3.8, 4) is 17.1 Å². The molecule has 7 nitrogen and oxygen atoms in total. The maximum Gasteiger partial charge on any atom is 0.393 e. The van der Waals surface area contributed by atoms with Crippen molar-refractivity contribution in [3.05, 3.63) is 59.9 Å². The van der Waals surface area contributed by atoms with E-state index in [2.05, 4.69) is 20.5 Å². The predicted molar refractivity (Wildman–Crippen MR) is 98.6 cm³/mol. The van der Waals surface area contributed by atoms with Crippen molar-refractivity contribution in [1.29, 1.82) is 0 Å². The molecule has 2 aromatic heterocycles. The Hall–Kier alpha value is -3.40. The summed E-state index contributed by atoms with van der Waals surface area (Å²) in [6.07, 6.45) is -2.49. The van der Waals surface area contributed by atoms with Crippen LogP contribution in [0.1, 0.15) is 15.9 Å². The van der Waals surface area contributed by atoms with E-state index in [4.69, 9.17) is 9.84 Å². The van der Waals surface area contributed by atoms with Crippen molar-refractivity contribution in [2.24, 2.45) is 0 Å². The van der Waals surface area contributed by atoms with Gasteiger partial charge in [0, 0.05) is 18.1 Å². The number of hydrogen-bond donors (Lipinski definition) is 3. The maximum absolute atomic E-state index is 12.5. The first kappa shape index (κ1) is 20.3. The van der Waals surface area contributed by atoms with Crippen LogP contribution >= 0.6 is 0 Å². The standard InChI is InChI=1S/C19H17F3N4O3/c20-19(21,22)10-12-1-3-14(4-2-12)25-17(28)13-9-15(16-5-6-24-26-16)18(23-11-13)29-8-7-27/h1-6,9,11,27H,7-8,10H2,(H,24,26)(H,25,28). The largest absolute Gasteiger partial charge is 0.475 e. The Balaban J connectivity index is 1.77. The lowest BCUT2D eigenvalue weighted by molar-refractivity contribution is -0.127. The number of amides is 1. The molecule has 0 atom stereocenters.